The van der Waals surface area contributed by atoms with E-state index in [2.05, 4.69) is 30.6 Å². The fraction of sp³-hybridized carbons (Fsp3) is 0.412. The third kappa shape index (κ3) is 3.53. The zero-order valence-corrected chi connectivity index (χ0v) is 14.7. The number of aromatic nitrogens is 1. The first-order chi connectivity index (χ1) is 10.2. The Morgan fingerprint density at radius 1 is 1.23 bits per heavy atom. The summed E-state index contributed by atoms with van der Waals surface area (Å²) in [5, 5.41) is 3.87. The molecule has 0 bridgehead atoms. The van der Waals surface area contributed by atoms with E-state index in [4.69, 9.17) is 4.52 Å². The maximum atomic E-state index is 12.3. The van der Waals surface area contributed by atoms with Crippen LogP contribution in [-0.4, -0.2) is 11.1 Å². The Balaban J connectivity index is 2.12. The molecule has 0 atom stereocenters. The molecule has 0 unspecified atom stereocenters. The van der Waals surface area contributed by atoms with Gasteiger partial charge < -0.3 is 4.52 Å². The summed E-state index contributed by atoms with van der Waals surface area (Å²) in [7, 11) is 0. The number of hydrogen-bond acceptors (Lipinski definition) is 4. The molecule has 0 saturated heterocycles. The van der Waals surface area contributed by atoms with Crippen LogP contribution < -0.4 is 4.72 Å². The molecule has 4 nitrogen and oxygen atoms in total. The van der Waals surface area contributed by atoms with Crippen molar-refractivity contribution in [2.75, 3.05) is 0 Å². The number of carbonyl (C=O) groups is 1. The van der Waals surface area contributed by atoms with Gasteiger partial charge in [0.25, 0.3) is 5.91 Å². The molecule has 5 heteroatoms. The van der Waals surface area contributed by atoms with Gasteiger partial charge in [-0.2, -0.15) is 0 Å². The van der Waals surface area contributed by atoms with E-state index < -0.39 is 0 Å². The van der Waals surface area contributed by atoms with E-state index in [9.17, 15) is 4.79 Å². The average Bonchev–Trinajstić information content (AvgIpc) is 2.74. The number of rotatable bonds is 3. The minimum absolute atomic E-state index is 0.0739. The largest absolute Gasteiger partial charge is 0.360 e. The second-order valence-electron chi connectivity index (χ2n) is 6.47. The van der Waals surface area contributed by atoms with E-state index in [1.54, 1.807) is 0 Å². The lowest BCUT2D eigenvalue weighted by atomic mass is 9.83. The van der Waals surface area contributed by atoms with Gasteiger partial charge in [0.1, 0.15) is 5.76 Å². The van der Waals surface area contributed by atoms with E-state index in [-0.39, 0.29) is 11.3 Å². The molecule has 1 aromatic carbocycles. The maximum Gasteiger partial charge on any atom is 0.261 e. The Hall–Kier alpha value is -1.75. The Labute approximate surface area is 135 Å². The lowest BCUT2D eigenvalue weighted by Crippen LogP contribution is -2.18. The van der Waals surface area contributed by atoms with Crippen LogP contribution in [0.15, 0.2) is 27.6 Å². The molecular weight excluding hydrogens is 296 g/mol. The van der Waals surface area contributed by atoms with Crippen molar-refractivity contribution in [3.63, 3.8) is 0 Å². The molecule has 0 aliphatic rings. The molecule has 0 spiro atoms. The molecule has 118 valence electrons. The molecule has 1 N–H and O–H groups in total. The molecular formula is C17H22N2O2S. The van der Waals surface area contributed by atoms with Crippen LogP contribution in [0.1, 0.15) is 53.7 Å². The molecule has 2 aromatic rings. The van der Waals surface area contributed by atoms with Gasteiger partial charge in [0, 0.05) is 5.56 Å². The summed E-state index contributed by atoms with van der Waals surface area (Å²) in [6.07, 6.45) is 0. The predicted octanol–water partition coefficient (Wildman–Crippen LogP) is 4.33. The first-order valence-electron chi connectivity index (χ1n) is 7.21. The van der Waals surface area contributed by atoms with Crippen molar-refractivity contribution >= 4 is 17.9 Å². The second-order valence-corrected chi connectivity index (χ2v) is 7.28. The van der Waals surface area contributed by atoms with Crippen LogP contribution in [0.5, 0.6) is 0 Å². The maximum absolute atomic E-state index is 12.3. The van der Waals surface area contributed by atoms with Crippen molar-refractivity contribution in [1.82, 2.24) is 9.88 Å². The molecule has 1 amide bonds. The highest BCUT2D eigenvalue weighted by molar-refractivity contribution is 7.98. The Kier molecular flexibility index (Phi) is 4.66. The fourth-order valence-corrected chi connectivity index (χ4v) is 3.10. The van der Waals surface area contributed by atoms with Crippen molar-refractivity contribution in [1.29, 1.82) is 0 Å². The highest BCUT2D eigenvalue weighted by Crippen LogP contribution is 2.27. The average molecular weight is 318 g/mol. The smallest absolute Gasteiger partial charge is 0.261 e. The summed E-state index contributed by atoms with van der Waals surface area (Å²) in [5.74, 6) is 0.593. The number of amides is 1. The number of benzene rings is 1. The summed E-state index contributed by atoms with van der Waals surface area (Å²) in [5.41, 5.74) is 3.89. The highest BCUT2D eigenvalue weighted by Gasteiger charge is 2.18. The number of nitrogens with zero attached hydrogens (tertiary/aromatic N) is 1. The van der Waals surface area contributed by atoms with Crippen LogP contribution in [-0.2, 0) is 5.41 Å². The van der Waals surface area contributed by atoms with Gasteiger partial charge in [-0.25, -0.2) is 0 Å². The molecule has 0 aliphatic heterocycles. The summed E-state index contributed by atoms with van der Waals surface area (Å²) in [4.78, 5) is 13.2. The molecule has 1 aromatic heterocycles. The van der Waals surface area contributed by atoms with Gasteiger partial charge in [-0.15, -0.1) is 0 Å². The monoisotopic (exact) mass is 318 g/mol. The van der Waals surface area contributed by atoms with Gasteiger partial charge in [-0.3, -0.25) is 9.52 Å². The third-order valence-electron chi connectivity index (χ3n) is 3.51. The number of nitrogens with one attached hydrogen (secondary N) is 1. The molecule has 22 heavy (non-hydrogen) atoms. The summed E-state index contributed by atoms with van der Waals surface area (Å²) < 4.78 is 7.93. The Morgan fingerprint density at radius 3 is 2.41 bits per heavy atom. The lowest BCUT2D eigenvalue weighted by molar-refractivity contribution is 0.0984. The van der Waals surface area contributed by atoms with Crippen LogP contribution >= 0.6 is 11.9 Å². The van der Waals surface area contributed by atoms with Crippen molar-refractivity contribution in [2.45, 2.75) is 51.9 Å². The molecule has 0 radical (unpaired) electrons. The topological polar surface area (TPSA) is 55.1 Å². The quantitative estimate of drug-likeness (QED) is 0.856. The van der Waals surface area contributed by atoms with Crippen molar-refractivity contribution in [2.24, 2.45) is 0 Å². The Bertz CT molecular complexity index is 680. The van der Waals surface area contributed by atoms with Crippen LogP contribution in [0.25, 0.3) is 0 Å². The van der Waals surface area contributed by atoms with Crippen LogP contribution in [0, 0.1) is 20.8 Å². The van der Waals surface area contributed by atoms with Gasteiger partial charge in [0.05, 0.1) is 10.6 Å². The van der Waals surface area contributed by atoms with Crippen molar-refractivity contribution in [3.8, 4) is 0 Å². The predicted molar refractivity (Wildman–Crippen MR) is 89.2 cm³/mol. The summed E-state index contributed by atoms with van der Waals surface area (Å²) >= 11 is 1.24. The number of aryl methyl sites for hydroxylation is 3. The third-order valence-corrected chi connectivity index (χ3v) is 4.58. The molecule has 2 rings (SSSR count). The van der Waals surface area contributed by atoms with E-state index in [0.717, 1.165) is 16.2 Å². The first-order valence-corrected chi connectivity index (χ1v) is 8.03. The van der Waals surface area contributed by atoms with Crippen LogP contribution in [0.3, 0.4) is 0 Å². The summed E-state index contributed by atoms with van der Waals surface area (Å²) in [6, 6.07) is 5.84. The van der Waals surface area contributed by atoms with Gasteiger partial charge >= 0.3 is 0 Å². The molecule has 0 aliphatic carbocycles. The van der Waals surface area contributed by atoms with Crippen LogP contribution in [0.4, 0.5) is 0 Å². The zero-order valence-electron chi connectivity index (χ0n) is 13.9. The lowest BCUT2D eigenvalue weighted by Gasteiger charge is -2.22. The fourth-order valence-electron chi connectivity index (χ4n) is 2.42. The molecule has 1 heterocycles. The molecule has 0 fully saturated rings. The Morgan fingerprint density at radius 2 is 1.91 bits per heavy atom. The van der Waals surface area contributed by atoms with Crippen molar-refractivity contribution in [3.05, 3.63) is 46.3 Å². The van der Waals surface area contributed by atoms with Gasteiger partial charge in [0.15, 0.2) is 0 Å². The van der Waals surface area contributed by atoms with E-state index in [0.29, 0.717) is 11.3 Å². The van der Waals surface area contributed by atoms with Crippen molar-refractivity contribution < 1.29 is 9.32 Å². The molecule has 0 saturated carbocycles. The van der Waals surface area contributed by atoms with Gasteiger partial charge in [-0.1, -0.05) is 32.0 Å². The number of hydrogen-bond donors (Lipinski definition) is 1. The SMILES string of the molecule is Cc1cc(C(=O)NSc2c(C)noc2C)ccc1C(C)(C)C. The second kappa shape index (κ2) is 6.16. The minimum atomic E-state index is -0.117. The van der Waals surface area contributed by atoms with Gasteiger partial charge in [0.2, 0.25) is 0 Å². The van der Waals surface area contributed by atoms with E-state index in [1.165, 1.54) is 17.5 Å². The standard InChI is InChI=1S/C17H22N2O2S/c1-10-9-13(7-8-14(10)17(4,5)6)16(20)19-22-15-11(2)18-21-12(15)3/h7-9H,1-6H3,(H,19,20). The normalized spacial score (nSPS) is 11.5. The van der Waals surface area contributed by atoms with Gasteiger partial charge in [-0.05, 0) is 61.4 Å². The zero-order chi connectivity index (χ0) is 16.5. The van der Waals surface area contributed by atoms with E-state index in [1.807, 2.05) is 39.0 Å². The summed E-state index contributed by atoms with van der Waals surface area (Å²) in [6.45, 7) is 12.2. The first kappa shape index (κ1) is 16.6. The minimum Gasteiger partial charge on any atom is -0.360 e. The highest BCUT2D eigenvalue weighted by atomic mass is 32.2. The van der Waals surface area contributed by atoms with Crippen LogP contribution in [0.2, 0.25) is 0 Å². The number of carbonyl (C=O) groups excluding carboxylic acids is 1. The van der Waals surface area contributed by atoms with E-state index >= 15 is 0 Å².